The number of nitrogens with one attached hydrogen (secondary N) is 1. The first kappa shape index (κ1) is 11.1. The number of carbonyl (C=O) groups is 1. The Morgan fingerprint density at radius 2 is 2.50 bits per heavy atom. The van der Waals surface area contributed by atoms with E-state index < -0.39 is 0 Å². The number of amides is 1. The predicted octanol–water partition coefficient (Wildman–Crippen LogP) is 0.906. The second-order valence-electron chi connectivity index (χ2n) is 4.15. The van der Waals surface area contributed by atoms with E-state index in [1.54, 1.807) is 18.5 Å². The second kappa shape index (κ2) is 5.07. The summed E-state index contributed by atoms with van der Waals surface area (Å²) in [5, 5.41) is 3.32. The van der Waals surface area contributed by atoms with Gasteiger partial charge in [0.25, 0.3) is 5.91 Å². The summed E-state index contributed by atoms with van der Waals surface area (Å²) >= 11 is 0. The zero-order valence-corrected chi connectivity index (χ0v) is 9.52. The molecule has 1 aliphatic heterocycles. The Balaban J connectivity index is 2.14. The third-order valence-corrected chi connectivity index (χ3v) is 2.89. The van der Waals surface area contributed by atoms with Crippen LogP contribution in [0.5, 0.6) is 0 Å². The Labute approximate surface area is 95.7 Å². The number of hydrogen-bond acceptors (Lipinski definition) is 3. The molecule has 1 aromatic rings. The van der Waals surface area contributed by atoms with Crippen LogP contribution < -0.4 is 5.32 Å². The van der Waals surface area contributed by atoms with Crippen molar-refractivity contribution in [1.29, 1.82) is 0 Å². The number of hydrogen-bond donors (Lipinski definition) is 1. The number of pyridine rings is 1. The van der Waals surface area contributed by atoms with Crippen LogP contribution in [-0.2, 0) is 0 Å². The molecule has 1 aliphatic rings. The molecule has 1 amide bonds. The van der Waals surface area contributed by atoms with Crippen molar-refractivity contribution >= 4 is 5.91 Å². The van der Waals surface area contributed by atoms with Crippen molar-refractivity contribution in [2.75, 3.05) is 19.6 Å². The first-order valence-electron chi connectivity index (χ1n) is 5.71. The fourth-order valence-corrected chi connectivity index (χ4v) is 1.97. The fraction of sp³-hybridized carbons (Fsp3) is 0.500. The molecule has 0 aromatic carbocycles. The summed E-state index contributed by atoms with van der Waals surface area (Å²) in [7, 11) is 0. The lowest BCUT2D eigenvalue weighted by atomic mass is 10.2. The van der Waals surface area contributed by atoms with Crippen LogP contribution in [0.15, 0.2) is 24.5 Å². The summed E-state index contributed by atoms with van der Waals surface area (Å²) in [6, 6.07) is 3.86. The van der Waals surface area contributed by atoms with Crippen molar-refractivity contribution in [2.24, 2.45) is 0 Å². The van der Waals surface area contributed by atoms with Gasteiger partial charge in [-0.1, -0.05) is 0 Å². The standard InChI is InChI=1S/C12H17N3O/c1-10-8-13-6-3-7-15(10)12(16)11-4-2-5-14-9-11/h2,4-5,9-10,13H,3,6-8H2,1H3. The summed E-state index contributed by atoms with van der Waals surface area (Å²) in [6.45, 7) is 4.75. The van der Waals surface area contributed by atoms with Crippen LogP contribution in [0.25, 0.3) is 0 Å². The van der Waals surface area contributed by atoms with E-state index in [-0.39, 0.29) is 11.9 Å². The Kier molecular flexibility index (Phi) is 3.51. The number of nitrogens with zero attached hydrogens (tertiary/aromatic N) is 2. The van der Waals surface area contributed by atoms with E-state index in [0.29, 0.717) is 5.56 Å². The van der Waals surface area contributed by atoms with Crippen LogP contribution in [0.2, 0.25) is 0 Å². The lowest BCUT2D eigenvalue weighted by Gasteiger charge is -2.26. The number of carbonyl (C=O) groups excluding carboxylic acids is 1. The van der Waals surface area contributed by atoms with Crippen LogP contribution in [0.4, 0.5) is 0 Å². The molecule has 1 aromatic heterocycles. The third-order valence-electron chi connectivity index (χ3n) is 2.89. The quantitative estimate of drug-likeness (QED) is 0.763. The van der Waals surface area contributed by atoms with Crippen LogP contribution in [0.3, 0.4) is 0 Å². The van der Waals surface area contributed by atoms with E-state index in [2.05, 4.69) is 17.2 Å². The highest BCUT2D eigenvalue weighted by Crippen LogP contribution is 2.09. The average Bonchev–Trinajstić information content (AvgIpc) is 2.54. The number of aromatic nitrogens is 1. The van der Waals surface area contributed by atoms with Gasteiger partial charge < -0.3 is 10.2 Å². The lowest BCUT2D eigenvalue weighted by Crippen LogP contribution is -2.41. The minimum atomic E-state index is 0.0873. The van der Waals surface area contributed by atoms with Gasteiger partial charge in [-0.25, -0.2) is 0 Å². The van der Waals surface area contributed by atoms with Gasteiger partial charge in [0.1, 0.15) is 0 Å². The van der Waals surface area contributed by atoms with E-state index in [9.17, 15) is 4.79 Å². The molecule has 1 atom stereocenters. The van der Waals surface area contributed by atoms with E-state index >= 15 is 0 Å². The molecule has 1 unspecified atom stereocenters. The Morgan fingerprint density at radius 3 is 3.25 bits per heavy atom. The summed E-state index contributed by atoms with van der Waals surface area (Å²) in [5.41, 5.74) is 0.677. The normalized spacial score (nSPS) is 21.6. The maximum Gasteiger partial charge on any atom is 0.255 e. The van der Waals surface area contributed by atoms with Crippen LogP contribution in [0, 0.1) is 0 Å². The topological polar surface area (TPSA) is 45.2 Å². The van der Waals surface area contributed by atoms with Crippen LogP contribution in [0.1, 0.15) is 23.7 Å². The molecule has 0 bridgehead atoms. The molecule has 1 fully saturated rings. The zero-order valence-electron chi connectivity index (χ0n) is 9.52. The Bertz CT molecular complexity index is 353. The Hall–Kier alpha value is -1.42. The molecule has 4 heteroatoms. The minimum Gasteiger partial charge on any atom is -0.335 e. The van der Waals surface area contributed by atoms with Gasteiger partial charge in [0.2, 0.25) is 0 Å². The SMILES string of the molecule is CC1CNCCCN1C(=O)c1cccnc1. The number of rotatable bonds is 1. The van der Waals surface area contributed by atoms with E-state index in [1.165, 1.54) is 0 Å². The maximum absolute atomic E-state index is 12.2. The smallest absolute Gasteiger partial charge is 0.255 e. The molecule has 0 radical (unpaired) electrons. The summed E-state index contributed by atoms with van der Waals surface area (Å²) in [4.78, 5) is 18.1. The summed E-state index contributed by atoms with van der Waals surface area (Å²) in [5.74, 6) is 0.0873. The van der Waals surface area contributed by atoms with E-state index in [0.717, 1.165) is 26.1 Å². The van der Waals surface area contributed by atoms with E-state index in [4.69, 9.17) is 0 Å². The molecule has 2 heterocycles. The van der Waals surface area contributed by atoms with Crippen molar-refractivity contribution in [2.45, 2.75) is 19.4 Å². The van der Waals surface area contributed by atoms with Crippen molar-refractivity contribution in [3.05, 3.63) is 30.1 Å². The molecule has 16 heavy (non-hydrogen) atoms. The van der Waals surface area contributed by atoms with Gasteiger partial charge in [-0.3, -0.25) is 9.78 Å². The van der Waals surface area contributed by atoms with Gasteiger partial charge in [-0.15, -0.1) is 0 Å². The molecular formula is C12H17N3O. The molecular weight excluding hydrogens is 202 g/mol. The van der Waals surface area contributed by atoms with Crippen molar-refractivity contribution < 1.29 is 4.79 Å². The maximum atomic E-state index is 12.2. The fourth-order valence-electron chi connectivity index (χ4n) is 1.97. The van der Waals surface area contributed by atoms with Gasteiger partial charge >= 0.3 is 0 Å². The molecule has 0 aliphatic carbocycles. The van der Waals surface area contributed by atoms with Gasteiger partial charge in [0.05, 0.1) is 5.56 Å². The van der Waals surface area contributed by atoms with E-state index in [1.807, 2.05) is 11.0 Å². The van der Waals surface area contributed by atoms with Crippen molar-refractivity contribution in [3.8, 4) is 0 Å². The summed E-state index contributed by atoms with van der Waals surface area (Å²) in [6.07, 6.45) is 4.33. The molecule has 86 valence electrons. The summed E-state index contributed by atoms with van der Waals surface area (Å²) < 4.78 is 0. The molecule has 0 spiro atoms. The Morgan fingerprint density at radius 1 is 1.62 bits per heavy atom. The molecule has 1 saturated heterocycles. The highest BCUT2D eigenvalue weighted by Gasteiger charge is 2.22. The third kappa shape index (κ3) is 2.39. The highest BCUT2D eigenvalue weighted by atomic mass is 16.2. The first-order valence-corrected chi connectivity index (χ1v) is 5.71. The van der Waals surface area contributed by atoms with Gasteiger partial charge in [0, 0.05) is 31.5 Å². The minimum absolute atomic E-state index is 0.0873. The van der Waals surface area contributed by atoms with Gasteiger partial charge in [-0.05, 0) is 32.0 Å². The monoisotopic (exact) mass is 219 g/mol. The molecule has 2 rings (SSSR count). The zero-order chi connectivity index (χ0) is 11.4. The molecule has 4 nitrogen and oxygen atoms in total. The van der Waals surface area contributed by atoms with Gasteiger partial charge in [-0.2, -0.15) is 0 Å². The highest BCUT2D eigenvalue weighted by molar-refractivity contribution is 5.94. The molecule has 0 saturated carbocycles. The average molecular weight is 219 g/mol. The van der Waals surface area contributed by atoms with Crippen LogP contribution in [-0.4, -0.2) is 41.5 Å². The van der Waals surface area contributed by atoms with Crippen LogP contribution >= 0.6 is 0 Å². The molecule has 1 N–H and O–H groups in total. The largest absolute Gasteiger partial charge is 0.335 e. The second-order valence-corrected chi connectivity index (χ2v) is 4.15. The van der Waals surface area contributed by atoms with Gasteiger partial charge in [0.15, 0.2) is 0 Å². The van der Waals surface area contributed by atoms with Crippen molar-refractivity contribution in [1.82, 2.24) is 15.2 Å². The predicted molar refractivity (Wildman–Crippen MR) is 62.2 cm³/mol. The van der Waals surface area contributed by atoms with Crippen molar-refractivity contribution in [3.63, 3.8) is 0 Å². The first-order chi connectivity index (χ1) is 7.79. The lowest BCUT2D eigenvalue weighted by molar-refractivity contribution is 0.0706.